The van der Waals surface area contributed by atoms with Crippen molar-refractivity contribution in [2.24, 2.45) is 0 Å². The molecule has 0 bridgehead atoms. The van der Waals surface area contributed by atoms with Crippen molar-refractivity contribution in [1.29, 1.82) is 0 Å². The van der Waals surface area contributed by atoms with E-state index < -0.39 is 0 Å². The number of aryl methyl sites for hydroxylation is 2. The third-order valence-electron chi connectivity index (χ3n) is 7.68. The van der Waals surface area contributed by atoms with Gasteiger partial charge in [0.1, 0.15) is 18.0 Å². The fourth-order valence-electron chi connectivity index (χ4n) is 5.24. The summed E-state index contributed by atoms with van der Waals surface area (Å²) in [5.74, 6) is 0.783. The van der Waals surface area contributed by atoms with Gasteiger partial charge < -0.3 is 14.0 Å². The smallest absolute Gasteiger partial charge is 0.310 e. The maximum Gasteiger partial charge on any atom is 0.310 e. The third-order valence-corrected chi connectivity index (χ3v) is 7.68. The Balaban J connectivity index is 1.06. The second-order valence-corrected chi connectivity index (χ2v) is 12.0. The number of benzene rings is 3. The number of rotatable bonds is 16. The number of ether oxygens (including phenoxy) is 2. The van der Waals surface area contributed by atoms with E-state index in [1.807, 2.05) is 30.3 Å². The van der Waals surface area contributed by atoms with Crippen LogP contribution in [0.2, 0.25) is 0 Å². The standard InChI is InChI=1S/C36H47N2O3/c1-29-25-32-27-34(41-28-31-15-11-10-12-16-31)21-22-35(32)37(29)23-13-8-6-5-7-9-14-24-40-36(39)26-30-17-19-33(20-18-30)38(2,3)4/h10-12,15-22,25,27H,5-9,13-14,23-24,26,28H2,1-4H3/q+1. The molecule has 0 N–H and O–H groups in total. The molecule has 0 atom stereocenters. The lowest BCUT2D eigenvalue weighted by Crippen LogP contribution is -2.34. The maximum absolute atomic E-state index is 12.2. The number of esters is 1. The molecule has 0 spiro atoms. The first-order chi connectivity index (χ1) is 19.8. The molecule has 1 heterocycles. The van der Waals surface area contributed by atoms with Gasteiger partial charge in [0.25, 0.3) is 0 Å². The molecule has 0 unspecified atom stereocenters. The fourth-order valence-corrected chi connectivity index (χ4v) is 5.24. The van der Waals surface area contributed by atoms with E-state index in [1.165, 1.54) is 60.0 Å². The second kappa shape index (κ2) is 14.9. The molecule has 0 amide bonds. The molecule has 0 aliphatic rings. The summed E-state index contributed by atoms with van der Waals surface area (Å²) < 4.78 is 14.7. The number of unbranched alkanes of at least 4 members (excludes halogenated alkanes) is 6. The lowest BCUT2D eigenvalue weighted by atomic mass is 10.1. The molecule has 0 fully saturated rings. The van der Waals surface area contributed by atoms with E-state index in [0.717, 1.165) is 35.2 Å². The highest BCUT2D eigenvalue weighted by Gasteiger charge is 2.12. The van der Waals surface area contributed by atoms with Gasteiger partial charge in [-0.3, -0.25) is 9.28 Å². The van der Waals surface area contributed by atoms with Crippen LogP contribution in [0.4, 0.5) is 5.69 Å². The predicted octanol–water partition coefficient (Wildman–Crippen LogP) is 8.24. The lowest BCUT2D eigenvalue weighted by Gasteiger charge is -2.23. The highest BCUT2D eigenvalue weighted by atomic mass is 16.5. The van der Waals surface area contributed by atoms with Crippen molar-refractivity contribution in [2.45, 2.75) is 71.4 Å². The number of nitrogens with zero attached hydrogens (tertiary/aromatic N) is 2. The average molecular weight is 556 g/mol. The minimum absolute atomic E-state index is 0.133. The Kier molecular flexibility index (Phi) is 11.0. The highest BCUT2D eigenvalue weighted by Crippen LogP contribution is 2.26. The van der Waals surface area contributed by atoms with E-state index >= 15 is 0 Å². The van der Waals surface area contributed by atoms with Crippen LogP contribution in [0.25, 0.3) is 10.9 Å². The molecule has 5 nitrogen and oxygen atoms in total. The van der Waals surface area contributed by atoms with Gasteiger partial charge in [0.05, 0.1) is 34.2 Å². The lowest BCUT2D eigenvalue weighted by molar-refractivity contribution is -0.142. The molecule has 218 valence electrons. The number of fused-ring (bicyclic) bond motifs is 1. The number of quaternary nitrogens is 1. The van der Waals surface area contributed by atoms with Crippen molar-refractivity contribution in [1.82, 2.24) is 9.05 Å². The highest BCUT2D eigenvalue weighted by molar-refractivity contribution is 5.82. The van der Waals surface area contributed by atoms with Gasteiger partial charge in [-0.1, -0.05) is 74.6 Å². The summed E-state index contributed by atoms with van der Waals surface area (Å²) in [7, 11) is 6.40. The van der Waals surface area contributed by atoms with Gasteiger partial charge >= 0.3 is 5.97 Å². The van der Waals surface area contributed by atoms with E-state index in [-0.39, 0.29) is 5.97 Å². The summed E-state index contributed by atoms with van der Waals surface area (Å²) in [5, 5.41) is 1.24. The molecule has 41 heavy (non-hydrogen) atoms. The Morgan fingerprint density at radius 3 is 2.15 bits per heavy atom. The van der Waals surface area contributed by atoms with Crippen LogP contribution in [-0.2, 0) is 29.1 Å². The van der Waals surface area contributed by atoms with Crippen LogP contribution >= 0.6 is 0 Å². The number of carbonyl (C=O) groups is 1. The number of carbonyl (C=O) groups excluding carboxylic acids is 1. The maximum atomic E-state index is 12.2. The van der Waals surface area contributed by atoms with Gasteiger partial charge in [-0.15, -0.1) is 0 Å². The normalized spacial score (nSPS) is 11.6. The van der Waals surface area contributed by atoms with Crippen molar-refractivity contribution in [3.63, 3.8) is 0 Å². The first-order valence-electron chi connectivity index (χ1n) is 15.1. The Hall–Kier alpha value is -3.57. The molecule has 5 heteroatoms. The minimum atomic E-state index is -0.133. The van der Waals surface area contributed by atoms with Crippen molar-refractivity contribution < 1.29 is 14.3 Å². The summed E-state index contributed by atoms with van der Waals surface area (Å²) in [4.78, 5) is 12.2. The van der Waals surface area contributed by atoms with Gasteiger partial charge in [0.15, 0.2) is 0 Å². The molecule has 0 radical (unpaired) electrons. The van der Waals surface area contributed by atoms with Gasteiger partial charge in [-0.25, -0.2) is 0 Å². The predicted molar refractivity (Wildman–Crippen MR) is 170 cm³/mol. The molecule has 0 saturated heterocycles. The largest absolute Gasteiger partial charge is 0.489 e. The first-order valence-corrected chi connectivity index (χ1v) is 15.1. The van der Waals surface area contributed by atoms with Crippen LogP contribution in [-0.4, -0.2) is 38.3 Å². The number of aromatic nitrogens is 1. The van der Waals surface area contributed by atoms with Gasteiger partial charge in [-0.05, 0) is 67.3 Å². The quantitative estimate of drug-likeness (QED) is 0.0794. The fraction of sp³-hybridized carbons (Fsp3) is 0.417. The Bertz CT molecular complexity index is 1370. The van der Waals surface area contributed by atoms with Crippen LogP contribution in [0.15, 0.2) is 78.9 Å². The van der Waals surface area contributed by atoms with E-state index in [9.17, 15) is 4.79 Å². The van der Waals surface area contributed by atoms with Gasteiger partial charge in [0.2, 0.25) is 0 Å². The molecule has 1 aromatic heterocycles. The van der Waals surface area contributed by atoms with Crippen molar-refractivity contribution in [3.8, 4) is 5.75 Å². The zero-order chi connectivity index (χ0) is 29.1. The van der Waals surface area contributed by atoms with Crippen molar-refractivity contribution >= 4 is 22.6 Å². The molecule has 4 aromatic rings. The van der Waals surface area contributed by atoms with E-state index in [0.29, 0.717) is 19.6 Å². The Labute approximate surface area is 246 Å². The molecule has 4 rings (SSSR count). The Morgan fingerprint density at radius 2 is 1.44 bits per heavy atom. The van der Waals surface area contributed by atoms with Gasteiger partial charge in [-0.2, -0.15) is 0 Å². The van der Waals surface area contributed by atoms with Crippen LogP contribution < -0.4 is 9.22 Å². The summed E-state index contributed by atoms with van der Waals surface area (Å²) in [6.45, 7) is 4.35. The van der Waals surface area contributed by atoms with Crippen molar-refractivity contribution in [2.75, 3.05) is 27.7 Å². The van der Waals surface area contributed by atoms with Crippen LogP contribution in [0.1, 0.15) is 61.8 Å². The summed E-state index contributed by atoms with van der Waals surface area (Å²) in [6, 6.07) is 27.2. The second-order valence-electron chi connectivity index (χ2n) is 12.0. The molecule has 0 saturated carbocycles. The van der Waals surface area contributed by atoms with E-state index in [1.54, 1.807) is 0 Å². The van der Waals surface area contributed by atoms with E-state index in [2.05, 4.69) is 81.2 Å². The molecule has 0 aliphatic carbocycles. The summed E-state index contributed by atoms with van der Waals surface area (Å²) in [6.07, 6.45) is 8.50. The summed E-state index contributed by atoms with van der Waals surface area (Å²) in [5.41, 5.74) is 5.99. The summed E-state index contributed by atoms with van der Waals surface area (Å²) >= 11 is 0. The first kappa shape index (κ1) is 30.4. The minimum Gasteiger partial charge on any atom is -0.489 e. The SMILES string of the molecule is Cc1cc2cc(OCc3ccccc3)ccc2n1CCCCCCCCCOC(=O)Cc1ccc([N+](C)(C)C)cc1. The van der Waals surface area contributed by atoms with Crippen LogP contribution in [0, 0.1) is 6.92 Å². The molecule has 3 aromatic carbocycles. The average Bonchev–Trinajstić information content (AvgIpc) is 3.27. The molecular weight excluding hydrogens is 508 g/mol. The number of hydrogen-bond acceptors (Lipinski definition) is 3. The topological polar surface area (TPSA) is 40.5 Å². The molecular formula is C36H47N2O3+. The zero-order valence-corrected chi connectivity index (χ0v) is 25.4. The monoisotopic (exact) mass is 555 g/mol. The Morgan fingerprint density at radius 1 is 0.756 bits per heavy atom. The van der Waals surface area contributed by atoms with Crippen LogP contribution in [0.3, 0.4) is 0 Å². The van der Waals surface area contributed by atoms with Gasteiger partial charge in [0, 0.05) is 23.1 Å². The number of hydrogen-bond donors (Lipinski definition) is 0. The van der Waals surface area contributed by atoms with E-state index in [4.69, 9.17) is 9.47 Å². The zero-order valence-electron chi connectivity index (χ0n) is 25.4. The molecule has 0 aliphatic heterocycles. The third kappa shape index (κ3) is 9.50. The van der Waals surface area contributed by atoms with Crippen LogP contribution in [0.5, 0.6) is 5.75 Å². The van der Waals surface area contributed by atoms with Crippen molar-refractivity contribution in [3.05, 3.63) is 95.7 Å².